The van der Waals surface area contributed by atoms with Gasteiger partial charge in [-0.3, -0.25) is 0 Å². The van der Waals surface area contributed by atoms with Crippen molar-refractivity contribution in [3.05, 3.63) is 12.2 Å². The van der Waals surface area contributed by atoms with E-state index in [1.165, 1.54) is 25.7 Å². The molecule has 2 nitrogen and oxygen atoms in total. The topological polar surface area (TPSA) is 32.6 Å². The molecule has 68 valence electrons. The van der Waals surface area contributed by atoms with Gasteiger partial charge in [-0.1, -0.05) is 18.6 Å². The van der Waals surface area contributed by atoms with Crippen molar-refractivity contribution in [2.24, 2.45) is 11.1 Å². The maximum absolute atomic E-state index is 8.20. The molecule has 0 amide bonds. The maximum atomic E-state index is 8.20. The molecule has 0 heterocycles. The van der Waals surface area contributed by atoms with E-state index in [4.69, 9.17) is 5.21 Å². The molecule has 0 aliphatic heterocycles. The molecule has 1 N–H and O–H groups in total. The Labute approximate surface area is 74.0 Å². The van der Waals surface area contributed by atoms with E-state index in [1.54, 1.807) is 6.21 Å². The van der Waals surface area contributed by atoms with E-state index < -0.39 is 0 Å². The van der Waals surface area contributed by atoms with Gasteiger partial charge in [-0.15, -0.1) is 5.16 Å². The van der Waals surface area contributed by atoms with Crippen molar-refractivity contribution in [3.8, 4) is 0 Å². The number of oxime groups is 1. The number of allylic oxidation sites excluding steroid dienone is 2. The zero-order valence-corrected chi connectivity index (χ0v) is 7.45. The van der Waals surface area contributed by atoms with E-state index in [9.17, 15) is 0 Å². The van der Waals surface area contributed by atoms with Gasteiger partial charge in [0, 0.05) is 6.21 Å². The summed E-state index contributed by atoms with van der Waals surface area (Å²) in [4.78, 5) is 0. The molecule has 0 aromatic rings. The Morgan fingerprint density at radius 1 is 1.50 bits per heavy atom. The largest absolute Gasteiger partial charge is 0.411 e. The highest BCUT2D eigenvalue weighted by atomic mass is 16.4. The average molecular weight is 167 g/mol. The van der Waals surface area contributed by atoms with Crippen LogP contribution in [-0.2, 0) is 0 Å². The molecule has 2 heteroatoms. The molecule has 0 saturated heterocycles. The Morgan fingerprint density at radius 2 is 2.42 bits per heavy atom. The minimum atomic E-state index is 0.713. The predicted molar refractivity (Wildman–Crippen MR) is 50.6 cm³/mol. The van der Waals surface area contributed by atoms with Crippen LogP contribution in [-0.4, -0.2) is 11.4 Å². The fourth-order valence-corrected chi connectivity index (χ4v) is 1.64. The first-order valence-electron chi connectivity index (χ1n) is 4.76. The average Bonchev–Trinajstić information content (AvgIpc) is 2.33. The molecule has 1 aliphatic rings. The van der Waals surface area contributed by atoms with Gasteiger partial charge in [-0.2, -0.15) is 0 Å². The third-order valence-electron chi connectivity index (χ3n) is 2.35. The highest BCUT2D eigenvalue weighted by Gasteiger charge is 2.05. The maximum Gasteiger partial charge on any atom is 0.0436 e. The summed E-state index contributed by atoms with van der Waals surface area (Å²) >= 11 is 0. The third kappa shape index (κ3) is 3.56. The first-order chi connectivity index (χ1) is 5.93. The number of hydrogen-bond donors (Lipinski definition) is 1. The predicted octanol–water partition coefficient (Wildman–Crippen LogP) is 2.97. The van der Waals surface area contributed by atoms with Crippen LogP contribution in [0.25, 0.3) is 0 Å². The van der Waals surface area contributed by atoms with Gasteiger partial charge >= 0.3 is 0 Å². The number of nitrogens with zero attached hydrogens (tertiary/aromatic N) is 1. The van der Waals surface area contributed by atoms with Gasteiger partial charge in [-0.25, -0.2) is 0 Å². The minimum absolute atomic E-state index is 0.713. The van der Waals surface area contributed by atoms with Crippen molar-refractivity contribution in [2.45, 2.75) is 38.5 Å². The fourth-order valence-electron chi connectivity index (χ4n) is 1.64. The van der Waals surface area contributed by atoms with E-state index >= 15 is 0 Å². The van der Waals surface area contributed by atoms with Crippen molar-refractivity contribution in [1.82, 2.24) is 0 Å². The van der Waals surface area contributed by atoms with Gasteiger partial charge < -0.3 is 5.21 Å². The summed E-state index contributed by atoms with van der Waals surface area (Å²) in [5.41, 5.74) is 0. The van der Waals surface area contributed by atoms with Crippen LogP contribution in [0.4, 0.5) is 0 Å². The van der Waals surface area contributed by atoms with Gasteiger partial charge in [-0.05, 0) is 38.0 Å². The molecule has 0 aromatic carbocycles. The first-order valence-corrected chi connectivity index (χ1v) is 4.76. The summed E-state index contributed by atoms with van der Waals surface area (Å²) in [6.45, 7) is 0. The molecule has 12 heavy (non-hydrogen) atoms. The Bertz CT molecular complexity index is 163. The fraction of sp³-hybridized carbons (Fsp3) is 0.700. The molecule has 1 rings (SSSR count). The molecule has 0 fully saturated rings. The monoisotopic (exact) mass is 167 g/mol. The van der Waals surface area contributed by atoms with E-state index in [0.717, 1.165) is 12.8 Å². The zero-order valence-electron chi connectivity index (χ0n) is 7.45. The molecule has 0 spiro atoms. The second-order valence-corrected chi connectivity index (χ2v) is 3.35. The molecular formula is C10H17NO. The van der Waals surface area contributed by atoms with Crippen molar-refractivity contribution in [2.75, 3.05) is 0 Å². The standard InChI is InChI=1S/C10H17NO/c12-11-9-5-8-10-6-3-1-2-4-7-10/h3,6,9-10,12H,1-2,4-5,7-8H2/b11-9+. The highest BCUT2D eigenvalue weighted by molar-refractivity contribution is 5.55. The summed E-state index contributed by atoms with van der Waals surface area (Å²) in [7, 11) is 0. The van der Waals surface area contributed by atoms with Crippen LogP contribution in [0, 0.1) is 5.92 Å². The summed E-state index contributed by atoms with van der Waals surface area (Å²) in [5, 5.41) is 11.2. The van der Waals surface area contributed by atoms with Crippen LogP contribution in [0.2, 0.25) is 0 Å². The molecule has 0 saturated carbocycles. The molecular weight excluding hydrogens is 150 g/mol. The van der Waals surface area contributed by atoms with Crippen LogP contribution in [0.15, 0.2) is 17.3 Å². The number of rotatable bonds is 3. The van der Waals surface area contributed by atoms with Gasteiger partial charge in [0.05, 0.1) is 0 Å². The van der Waals surface area contributed by atoms with Gasteiger partial charge in [0.1, 0.15) is 0 Å². The second kappa shape index (κ2) is 5.81. The lowest BCUT2D eigenvalue weighted by atomic mass is 9.99. The van der Waals surface area contributed by atoms with E-state index in [-0.39, 0.29) is 0 Å². The van der Waals surface area contributed by atoms with Crippen LogP contribution < -0.4 is 0 Å². The summed E-state index contributed by atoms with van der Waals surface area (Å²) in [6, 6.07) is 0. The lowest BCUT2D eigenvalue weighted by molar-refractivity contribution is 0.320. The van der Waals surface area contributed by atoms with E-state index in [0.29, 0.717) is 5.92 Å². The van der Waals surface area contributed by atoms with Gasteiger partial charge in [0.2, 0.25) is 0 Å². The Morgan fingerprint density at radius 3 is 3.25 bits per heavy atom. The normalized spacial score (nSPS) is 24.5. The molecule has 1 aliphatic carbocycles. The lowest BCUT2D eigenvalue weighted by Gasteiger charge is -2.07. The quantitative estimate of drug-likeness (QED) is 0.298. The molecule has 0 radical (unpaired) electrons. The third-order valence-corrected chi connectivity index (χ3v) is 2.35. The van der Waals surface area contributed by atoms with Crippen LogP contribution in [0.3, 0.4) is 0 Å². The van der Waals surface area contributed by atoms with Crippen molar-refractivity contribution in [1.29, 1.82) is 0 Å². The van der Waals surface area contributed by atoms with Crippen molar-refractivity contribution in [3.63, 3.8) is 0 Å². The van der Waals surface area contributed by atoms with Crippen molar-refractivity contribution < 1.29 is 5.21 Å². The molecule has 1 atom stereocenters. The van der Waals surface area contributed by atoms with E-state index in [2.05, 4.69) is 17.3 Å². The van der Waals surface area contributed by atoms with Gasteiger partial charge in [0.25, 0.3) is 0 Å². The van der Waals surface area contributed by atoms with Crippen molar-refractivity contribution >= 4 is 6.21 Å². The number of hydrogen-bond acceptors (Lipinski definition) is 2. The van der Waals surface area contributed by atoms with Gasteiger partial charge in [0.15, 0.2) is 0 Å². The smallest absolute Gasteiger partial charge is 0.0436 e. The van der Waals surface area contributed by atoms with Crippen LogP contribution >= 0.6 is 0 Å². The summed E-state index contributed by atoms with van der Waals surface area (Å²) < 4.78 is 0. The zero-order chi connectivity index (χ0) is 8.65. The SMILES string of the molecule is O/N=C/CCC1C=CCCCC1. The summed E-state index contributed by atoms with van der Waals surface area (Å²) in [5.74, 6) is 0.713. The molecule has 1 unspecified atom stereocenters. The molecule has 0 aromatic heterocycles. The first kappa shape index (κ1) is 9.30. The Balaban J connectivity index is 2.20. The Hall–Kier alpha value is -0.790. The minimum Gasteiger partial charge on any atom is -0.411 e. The molecule has 0 bridgehead atoms. The highest BCUT2D eigenvalue weighted by Crippen LogP contribution is 2.20. The van der Waals surface area contributed by atoms with E-state index in [1.807, 2.05) is 0 Å². The lowest BCUT2D eigenvalue weighted by Crippen LogP contribution is -1.95. The van der Waals surface area contributed by atoms with Crippen LogP contribution in [0.5, 0.6) is 0 Å². The van der Waals surface area contributed by atoms with Crippen LogP contribution in [0.1, 0.15) is 38.5 Å². The summed E-state index contributed by atoms with van der Waals surface area (Å²) in [6.07, 6.45) is 13.4. The second-order valence-electron chi connectivity index (χ2n) is 3.35. The Kier molecular flexibility index (Phi) is 4.50.